The molecule has 0 bridgehead atoms. The second-order valence-corrected chi connectivity index (χ2v) is 9.44. The van der Waals surface area contributed by atoms with Crippen molar-refractivity contribution in [2.24, 2.45) is 0 Å². The van der Waals surface area contributed by atoms with E-state index in [9.17, 15) is 4.79 Å². The molecule has 1 N–H and O–H groups in total. The van der Waals surface area contributed by atoms with Crippen molar-refractivity contribution in [3.8, 4) is 0 Å². The molecule has 172 valence electrons. The number of hydrogen-bond acceptors (Lipinski definition) is 5. The van der Waals surface area contributed by atoms with E-state index >= 15 is 0 Å². The Hall–Kier alpha value is -1.47. The van der Waals surface area contributed by atoms with Crippen LogP contribution in [-0.2, 0) is 20.8 Å². The second kappa shape index (κ2) is 10.9. The summed E-state index contributed by atoms with van der Waals surface area (Å²) in [5.74, 6) is -0.192. The maximum Gasteiger partial charge on any atom is 0.234 e. The van der Waals surface area contributed by atoms with E-state index in [1.165, 1.54) is 18.4 Å². The number of likely N-dealkylation sites (tertiary alicyclic amines) is 1. The zero-order valence-corrected chi connectivity index (χ0v) is 19.1. The summed E-state index contributed by atoms with van der Waals surface area (Å²) in [5.41, 5.74) is 1.37. The van der Waals surface area contributed by atoms with Crippen LogP contribution < -0.4 is 5.32 Å². The van der Waals surface area contributed by atoms with Gasteiger partial charge in [0.15, 0.2) is 5.79 Å². The molecular weight excluding hydrogens is 390 g/mol. The molecule has 1 atom stereocenters. The van der Waals surface area contributed by atoms with E-state index in [1.54, 1.807) is 0 Å². The Morgan fingerprint density at radius 2 is 1.90 bits per heavy atom. The van der Waals surface area contributed by atoms with Gasteiger partial charge in [-0.05, 0) is 50.8 Å². The van der Waals surface area contributed by atoms with E-state index in [4.69, 9.17) is 9.47 Å². The summed E-state index contributed by atoms with van der Waals surface area (Å²) in [7, 11) is 0. The van der Waals surface area contributed by atoms with E-state index in [2.05, 4.69) is 52.4 Å². The summed E-state index contributed by atoms with van der Waals surface area (Å²) < 4.78 is 11.6. The van der Waals surface area contributed by atoms with Gasteiger partial charge in [0.2, 0.25) is 5.91 Å². The molecule has 0 aromatic heterocycles. The molecule has 4 rings (SSSR count). The number of benzene rings is 1. The van der Waals surface area contributed by atoms with E-state index in [-0.39, 0.29) is 17.7 Å². The molecule has 1 aromatic rings. The van der Waals surface area contributed by atoms with E-state index in [0.717, 1.165) is 58.3 Å². The maximum atomic E-state index is 12.9. The van der Waals surface area contributed by atoms with Crippen molar-refractivity contribution < 1.29 is 14.3 Å². The molecule has 6 heteroatoms. The summed E-state index contributed by atoms with van der Waals surface area (Å²) in [6.45, 7) is 8.28. The Morgan fingerprint density at radius 1 is 1.16 bits per heavy atom. The number of ether oxygens (including phenoxy) is 2. The quantitative estimate of drug-likeness (QED) is 0.688. The average molecular weight is 430 g/mol. The number of carbonyl (C=O) groups excluding carboxylic acids is 1. The van der Waals surface area contributed by atoms with Crippen molar-refractivity contribution in [3.63, 3.8) is 0 Å². The highest BCUT2D eigenvalue weighted by molar-refractivity contribution is 5.78. The Morgan fingerprint density at radius 3 is 2.61 bits per heavy atom. The summed E-state index contributed by atoms with van der Waals surface area (Å²) in [6.07, 6.45) is 7.09. The highest BCUT2D eigenvalue weighted by Crippen LogP contribution is 2.35. The molecule has 1 saturated carbocycles. The van der Waals surface area contributed by atoms with E-state index in [0.29, 0.717) is 25.8 Å². The third-order valence-corrected chi connectivity index (χ3v) is 7.03. The lowest BCUT2D eigenvalue weighted by molar-refractivity contribution is -0.180. The van der Waals surface area contributed by atoms with Crippen molar-refractivity contribution in [1.82, 2.24) is 15.1 Å². The highest BCUT2D eigenvalue weighted by atomic mass is 16.7. The molecule has 2 saturated heterocycles. The third-order valence-electron chi connectivity index (χ3n) is 7.03. The standard InChI is InChI=1S/C25H39N3O3/c1-2-14-28(23-9-6-15-27(19-23)18-21-7-4-3-5-8-21)20-24(29)26-22-10-12-25(13-11-22)30-16-17-31-25/h3-5,7-8,22-23H,2,6,9-20H2,1H3,(H,26,29). The monoisotopic (exact) mass is 429 g/mol. The Kier molecular flexibility index (Phi) is 7.99. The first-order chi connectivity index (χ1) is 15.2. The molecule has 0 radical (unpaired) electrons. The minimum absolute atomic E-state index is 0.169. The van der Waals surface area contributed by atoms with Crippen LogP contribution in [0.3, 0.4) is 0 Å². The Labute approximate surface area is 187 Å². The average Bonchev–Trinajstić information content (AvgIpc) is 3.24. The molecule has 6 nitrogen and oxygen atoms in total. The van der Waals surface area contributed by atoms with Crippen LogP contribution in [0.2, 0.25) is 0 Å². The number of nitrogens with one attached hydrogen (secondary N) is 1. The lowest BCUT2D eigenvalue weighted by Crippen LogP contribution is -2.52. The minimum atomic E-state index is -0.361. The van der Waals surface area contributed by atoms with Gasteiger partial charge >= 0.3 is 0 Å². The largest absolute Gasteiger partial charge is 0.352 e. The lowest BCUT2D eigenvalue weighted by Gasteiger charge is -2.40. The first-order valence-electron chi connectivity index (χ1n) is 12.2. The summed E-state index contributed by atoms with van der Waals surface area (Å²) in [6, 6.07) is 11.4. The normalized spacial score (nSPS) is 24.6. The van der Waals surface area contributed by atoms with Gasteiger partial charge in [-0.25, -0.2) is 0 Å². The molecule has 1 spiro atoms. The van der Waals surface area contributed by atoms with Gasteiger partial charge < -0.3 is 14.8 Å². The molecule has 1 unspecified atom stereocenters. The molecule has 1 amide bonds. The number of amides is 1. The Balaban J connectivity index is 1.26. The summed E-state index contributed by atoms with van der Waals surface area (Å²) >= 11 is 0. The highest BCUT2D eigenvalue weighted by Gasteiger charge is 2.40. The second-order valence-electron chi connectivity index (χ2n) is 9.44. The summed E-state index contributed by atoms with van der Waals surface area (Å²) in [5, 5.41) is 3.30. The van der Waals surface area contributed by atoms with Gasteiger partial charge in [-0.2, -0.15) is 0 Å². The summed E-state index contributed by atoms with van der Waals surface area (Å²) in [4.78, 5) is 17.9. The molecular formula is C25H39N3O3. The fourth-order valence-corrected chi connectivity index (χ4v) is 5.44. The lowest BCUT2D eigenvalue weighted by atomic mass is 9.90. The maximum absolute atomic E-state index is 12.9. The zero-order valence-electron chi connectivity index (χ0n) is 19.1. The minimum Gasteiger partial charge on any atom is -0.352 e. The van der Waals surface area contributed by atoms with Crippen LogP contribution in [0.25, 0.3) is 0 Å². The van der Waals surface area contributed by atoms with Crippen LogP contribution in [0.5, 0.6) is 0 Å². The predicted molar refractivity (Wildman–Crippen MR) is 122 cm³/mol. The van der Waals surface area contributed by atoms with Crippen LogP contribution >= 0.6 is 0 Å². The first-order valence-corrected chi connectivity index (χ1v) is 12.2. The van der Waals surface area contributed by atoms with Crippen molar-refractivity contribution in [2.75, 3.05) is 39.4 Å². The molecule has 3 aliphatic rings. The topological polar surface area (TPSA) is 54.0 Å². The SMILES string of the molecule is CCCN(CC(=O)NC1CCC2(CC1)OCCO2)C1CCCN(Cc2ccccc2)C1. The number of carbonyl (C=O) groups is 1. The van der Waals surface area contributed by atoms with Crippen LogP contribution in [-0.4, -0.2) is 73.0 Å². The number of piperidine rings is 1. The number of nitrogens with zero attached hydrogens (tertiary/aromatic N) is 2. The Bertz CT molecular complexity index is 683. The van der Waals surface area contributed by atoms with Crippen LogP contribution in [0.15, 0.2) is 30.3 Å². The molecule has 1 aliphatic carbocycles. The van der Waals surface area contributed by atoms with Crippen molar-refractivity contribution >= 4 is 5.91 Å². The van der Waals surface area contributed by atoms with Gasteiger partial charge in [-0.1, -0.05) is 37.3 Å². The van der Waals surface area contributed by atoms with Gasteiger partial charge in [-0.15, -0.1) is 0 Å². The van der Waals surface area contributed by atoms with E-state index in [1.807, 2.05) is 0 Å². The molecule has 1 aromatic carbocycles. The fourth-order valence-electron chi connectivity index (χ4n) is 5.44. The van der Waals surface area contributed by atoms with Gasteiger partial charge in [0, 0.05) is 38.0 Å². The smallest absolute Gasteiger partial charge is 0.234 e. The van der Waals surface area contributed by atoms with Gasteiger partial charge in [-0.3, -0.25) is 14.6 Å². The predicted octanol–water partition coefficient (Wildman–Crippen LogP) is 3.16. The van der Waals surface area contributed by atoms with Crippen LogP contribution in [0.4, 0.5) is 0 Å². The van der Waals surface area contributed by atoms with Gasteiger partial charge in [0.1, 0.15) is 0 Å². The molecule has 31 heavy (non-hydrogen) atoms. The van der Waals surface area contributed by atoms with Crippen LogP contribution in [0.1, 0.15) is 57.4 Å². The van der Waals surface area contributed by atoms with Gasteiger partial charge in [0.05, 0.1) is 19.8 Å². The number of rotatable bonds is 8. The first kappa shape index (κ1) is 22.7. The number of hydrogen-bond donors (Lipinski definition) is 1. The zero-order chi connectivity index (χ0) is 21.5. The van der Waals surface area contributed by atoms with E-state index < -0.39 is 0 Å². The third kappa shape index (κ3) is 6.28. The molecule has 3 fully saturated rings. The molecule has 2 aliphatic heterocycles. The van der Waals surface area contributed by atoms with Gasteiger partial charge in [0.25, 0.3) is 0 Å². The fraction of sp³-hybridized carbons (Fsp3) is 0.720. The van der Waals surface area contributed by atoms with Crippen LogP contribution in [0, 0.1) is 0 Å². The molecule has 2 heterocycles. The van der Waals surface area contributed by atoms with Crippen molar-refractivity contribution in [1.29, 1.82) is 0 Å². The van der Waals surface area contributed by atoms with Crippen molar-refractivity contribution in [2.45, 2.75) is 76.3 Å². The van der Waals surface area contributed by atoms with Crippen molar-refractivity contribution in [3.05, 3.63) is 35.9 Å².